The molecular weight excluding hydrogens is 424 g/mol. The van der Waals surface area contributed by atoms with Crippen LogP contribution in [-0.4, -0.2) is 32.9 Å². The number of carbonyl (C=O) groups is 1. The fourth-order valence-corrected chi connectivity index (χ4v) is 4.24. The smallest absolute Gasteiger partial charge is 0.265 e. The van der Waals surface area contributed by atoms with E-state index in [1.54, 1.807) is 72.8 Å². The molecular formula is C25H26N2O4S. The van der Waals surface area contributed by atoms with Crippen molar-refractivity contribution in [2.75, 3.05) is 11.6 Å². The molecule has 3 rings (SSSR count). The van der Waals surface area contributed by atoms with E-state index in [0.717, 1.165) is 12.0 Å². The minimum Gasteiger partial charge on any atom is -0.481 e. The van der Waals surface area contributed by atoms with Crippen molar-refractivity contribution in [2.24, 2.45) is 0 Å². The Bertz CT molecular complexity index is 1200. The SMILES string of the molecule is CCC[C@H](Oc1cccc(C=N)c1)C(=O)Nc1ccc(-c2ccccc2S(C)(=O)=O)cc1. The molecule has 7 heteroatoms. The van der Waals surface area contributed by atoms with Crippen LogP contribution in [0.15, 0.2) is 77.7 Å². The van der Waals surface area contributed by atoms with Crippen molar-refractivity contribution in [3.8, 4) is 16.9 Å². The van der Waals surface area contributed by atoms with Crippen molar-refractivity contribution < 1.29 is 17.9 Å². The minimum atomic E-state index is -3.36. The molecule has 0 saturated carbocycles. The van der Waals surface area contributed by atoms with Gasteiger partial charge in [-0.15, -0.1) is 0 Å². The summed E-state index contributed by atoms with van der Waals surface area (Å²) < 4.78 is 30.1. The number of nitrogens with one attached hydrogen (secondary N) is 2. The van der Waals surface area contributed by atoms with Gasteiger partial charge in [0.1, 0.15) is 5.75 Å². The molecule has 6 nitrogen and oxygen atoms in total. The Morgan fingerprint density at radius 1 is 1.06 bits per heavy atom. The number of benzene rings is 3. The highest BCUT2D eigenvalue weighted by Crippen LogP contribution is 2.28. The maximum atomic E-state index is 12.8. The molecule has 0 unspecified atom stereocenters. The standard InChI is InChI=1S/C25H26N2O4S/c1-3-7-23(31-21-9-6-8-18(16-21)17-26)25(28)27-20-14-12-19(13-15-20)22-10-4-5-11-24(22)32(2,29)30/h4-6,8-17,23,26H,3,7H2,1-2H3,(H,27,28)/t23-/m0/s1. The first-order valence-corrected chi connectivity index (χ1v) is 12.2. The molecule has 0 fully saturated rings. The Kier molecular flexibility index (Phi) is 7.43. The molecule has 0 aliphatic heterocycles. The Morgan fingerprint density at radius 3 is 2.44 bits per heavy atom. The summed E-state index contributed by atoms with van der Waals surface area (Å²) in [6, 6.07) is 20.9. The Morgan fingerprint density at radius 2 is 1.78 bits per heavy atom. The molecule has 0 radical (unpaired) electrons. The van der Waals surface area contributed by atoms with E-state index in [2.05, 4.69) is 5.32 Å². The number of sulfone groups is 1. The predicted octanol–water partition coefficient (Wildman–Crippen LogP) is 4.94. The first-order valence-electron chi connectivity index (χ1n) is 10.3. The van der Waals surface area contributed by atoms with Crippen LogP contribution in [0.5, 0.6) is 5.75 Å². The van der Waals surface area contributed by atoms with Crippen molar-refractivity contribution in [3.63, 3.8) is 0 Å². The van der Waals surface area contributed by atoms with Gasteiger partial charge in [-0.05, 0) is 47.9 Å². The van der Waals surface area contributed by atoms with E-state index in [4.69, 9.17) is 10.1 Å². The number of rotatable bonds is 9. The van der Waals surface area contributed by atoms with Gasteiger partial charge in [0.15, 0.2) is 15.9 Å². The number of amides is 1. The van der Waals surface area contributed by atoms with E-state index in [1.165, 1.54) is 12.5 Å². The number of hydrogen-bond acceptors (Lipinski definition) is 5. The molecule has 2 N–H and O–H groups in total. The van der Waals surface area contributed by atoms with Gasteiger partial charge >= 0.3 is 0 Å². The van der Waals surface area contributed by atoms with Gasteiger partial charge in [0.05, 0.1) is 4.90 Å². The highest BCUT2D eigenvalue weighted by molar-refractivity contribution is 7.90. The third-order valence-electron chi connectivity index (χ3n) is 4.90. The average molecular weight is 451 g/mol. The fourth-order valence-electron chi connectivity index (χ4n) is 3.33. The lowest BCUT2D eigenvalue weighted by atomic mass is 10.1. The lowest BCUT2D eigenvalue weighted by molar-refractivity contribution is -0.123. The van der Waals surface area contributed by atoms with Gasteiger partial charge in [-0.1, -0.05) is 55.8 Å². The lowest BCUT2D eigenvalue weighted by Gasteiger charge is -2.19. The lowest BCUT2D eigenvalue weighted by Crippen LogP contribution is -2.32. The van der Waals surface area contributed by atoms with Crippen LogP contribution >= 0.6 is 0 Å². The van der Waals surface area contributed by atoms with Crippen LogP contribution in [0, 0.1) is 5.41 Å². The molecule has 32 heavy (non-hydrogen) atoms. The second-order valence-corrected chi connectivity index (χ2v) is 9.43. The molecule has 0 bridgehead atoms. The van der Waals surface area contributed by atoms with E-state index in [-0.39, 0.29) is 10.8 Å². The van der Waals surface area contributed by atoms with E-state index in [1.807, 2.05) is 6.92 Å². The van der Waals surface area contributed by atoms with Crippen LogP contribution in [0.2, 0.25) is 0 Å². The van der Waals surface area contributed by atoms with Crippen LogP contribution in [0.1, 0.15) is 25.3 Å². The molecule has 0 aliphatic carbocycles. The van der Waals surface area contributed by atoms with Crippen molar-refractivity contribution >= 4 is 27.6 Å². The zero-order valence-electron chi connectivity index (χ0n) is 18.0. The third kappa shape index (κ3) is 5.82. The molecule has 0 saturated heterocycles. The van der Waals surface area contributed by atoms with E-state index in [0.29, 0.717) is 29.0 Å². The average Bonchev–Trinajstić information content (AvgIpc) is 2.79. The summed E-state index contributed by atoms with van der Waals surface area (Å²) in [4.78, 5) is 13.1. The molecule has 166 valence electrons. The maximum absolute atomic E-state index is 12.8. The summed E-state index contributed by atoms with van der Waals surface area (Å²) in [6.45, 7) is 1.98. The maximum Gasteiger partial charge on any atom is 0.265 e. The second kappa shape index (κ2) is 10.2. The van der Waals surface area contributed by atoms with Gasteiger partial charge in [-0.2, -0.15) is 0 Å². The summed E-state index contributed by atoms with van der Waals surface area (Å²) >= 11 is 0. The van der Waals surface area contributed by atoms with Gasteiger partial charge in [0.2, 0.25) is 0 Å². The second-order valence-electron chi connectivity index (χ2n) is 7.45. The molecule has 0 heterocycles. The van der Waals surface area contributed by atoms with Crippen LogP contribution < -0.4 is 10.1 Å². The number of ether oxygens (including phenoxy) is 1. The molecule has 1 amide bonds. The quantitative estimate of drug-likeness (QED) is 0.451. The zero-order valence-corrected chi connectivity index (χ0v) is 18.9. The van der Waals surface area contributed by atoms with Gasteiger partial charge in [-0.3, -0.25) is 4.79 Å². The summed E-state index contributed by atoms with van der Waals surface area (Å²) in [5.41, 5.74) is 2.65. The summed E-state index contributed by atoms with van der Waals surface area (Å²) in [7, 11) is -3.36. The summed E-state index contributed by atoms with van der Waals surface area (Å²) in [6.07, 6.45) is 3.05. The van der Waals surface area contributed by atoms with Gasteiger partial charge in [0, 0.05) is 23.7 Å². The van der Waals surface area contributed by atoms with Crippen molar-refractivity contribution in [1.29, 1.82) is 5.41 Å². The molecule has 0 aliphatic rings. The van der Waals surface area contributed by atoms with Gasteiger partial charge < -0.3 is 15.5 Å². The molecule has 3 aromatic rings. The molecule has 3 aromatic carbocycles. The van der Waals surface area contributed by atoms with Crippen LogP contribution in [0.25, 0.3) is 11.1 Å². The summed E-state index contributed by atoms with van der Waals surface area (Å²) in [5.74, 6) is 0.267. The minimum absolute atomic E-state index is 0.264. The third-order valence-corrected chi connectivity index (χ3v) is 6.05. The monoisotopic (exact) mass is 450 g/mol. The molecule has 1 atom stereocenters. The Balaban J connectivity index is 1.76. The largest absolute Gasteiger partial charge is 0.481 e. The van der Waals surface area contributed by atoms with Crippen LogP contribution in [0.4, 0.5) is 5.69 Å². The van der Waals surface area contributed by atoms with E-state index >= 15 is 0 Å². The predicted molar refractivity (Wildman–Crippen MR) is 127 cm³/mol. The van der Waals surface area contributed by atoms with E-state index in [9.17, 15) is 13.2 Å². The highest BCUT2D eigenvalue weighted by atomic mass is 32.2. The number of anilines is 1. The molecule has 0 aromatic heterocycles. The number of hydrogen-bond donors (Lipinski definition) is 2. The molecule has 0 spiro atoms. The van der Waals surface area contributed by atoms with Crippen molar-refractivity contribution in [2.45, 2.75) is 30.8 Å². The highest BCUT2D eigenvalue weighted by Gasteiger charge is 2.20. The van der Waals surface area contributed by atoms with Crippen molar-refractivity contribution in [1.82, 2.24) is 0 Å². The van der Waals surface area contributed by atoms with E-state index < -0.39 is 15.9 Å². The normalized spacial score (nSPS) is 12.1. The van der Waals surface area contributed by atoms with Gasteiger partial charge in [0.25, 0.3) is 5.91 Å². The zero-order chi connectivity index (χ0) is 23.1. The van der Waals surface area contributed by atoms with Gasteiger partial charge in [-0.25, -0.2) is 8.42 Å². The van der Waals surface area contributed by atoms with Crippen LogP contribution in [0.3, 0.4) is 0 Å². The summed E-state index contributed by atoms with van der Waals surface area (Å²) in [5, 5.41) is 10.2. The Labute approximate surface area is 188 Å². The number of carbonyl (C=O) groups excluding carboxylic acids is 1. The first kappa shape index (κ1) is 23.2. The fraction of sp³-hybridized carbons (Fsp3) is 0.200. The van der Waals surface area contributed by atoms with Crippen molar-refractivity contribution in [3.05, 3.63) is 78.4 Å². The topological polar surface area (TPSA) is 96.3 Å². The first-order chi connectivity index (χ1) is 15.3. The Hall–Kier alpha value is -3.45. The van der Waals surface area contributed by atoms with Crippen LogP contribution in [-0.2, 0) is 14.6 Å².